The average Bonchev–Trinajstić information content (AvgIpc) is 2.61. The van der Waals surface area contributed by atoms with Crippen LogP contribution in [0.25, 0.3) is 0 Å². The summed E-state index contributed by atoms with van der Waals surface area (Å²) < 4.78 is 5.64. The number of benzene rings is 1. The zero-order chi connectivity index (χ0) is 10.4. The third-order valence-electron chi connectivity index (χ3n) is 3.56. The molecule has 0 saturated carbocycles. The highest BCUT2D eigenvalue weighted by Gasteiger charge is 2.38. The van der Waals surface area contributed by atoms with Gasteiger partial charge >= 0.3 is 0 Å². The van der Waals surface area contributed by atoms with Crippen molar-refractivity contribution in [2.45, 2.75) is 12.5 Å². The van der Waals surface area contributed by atoms with Gasteiger partial charge < -0.3 is 9.84 Å². The highest BCUT2D eigenvalue weighted by Crippen LogP contribution is 2.46. The fourth-order valence-corrected chi connectivity index (χ4v) is 2.81. The Labute approximate surface area is 89.3 Å². The molecule has 0 spiro atoms. The summed E-state index contributed by atoms with van der Waals surface area (Å²) in [4.78, 5) is 2.35. The number of likely N-dealkylation sites (tertiary alicyclic amines) is 1. The number of hydrogen-bond donors (Lipinski definition) is 1. The zero-order valence-electron chi connectivity index (χ0n) is 8.81. The van der Waals surface area contributed by atoms with Gasteiger partial charge in [0.25, 0.3) is 0 Å². The van der Waals surface area contributed by atoms with Crippen molar-refractivity contribution in [2.75, 3.05) is 20.2 Å². The smallest absolute Gasteiger partial charge is 0.165 e. The summed E-state index contributed by atoms with van der Waals surface area (Å²) in [5.41, 5.74) is 1.14. The second-order valence-corrected chi connectivity index (χ2v) is 4.48. The standard InChI is InChI=1S/C12H15NO2/c1-13-6-5-8-7-15-12-9(11(8)13)3-2-4-10(12)14/h2-4,8,11,14H,5-7H2,1H3/t8-,11-/m0/s1. The molecule has 3 heteroatoms. The van der Waals surface area contributed by atoms with Crippen molar-refractivity contribution >= 4 is 0 Å². The van der Waals surface area contributed by atoms with Crippen molar-refractivity contribution in [3.05, 3.63) is 23.8 Å². The van der Waals surface area contributed by atoms with Crippen LogP contribution in [0.15, 0.2) is 18.2 Å². The fraction of sp³-hybridized carbons (Fsp3) is 0.500. The van der Waals surface area contributed by atoms with Crippen LogP contribution in [0.2, 0.25) is 0 Å². The molecule has 1 fully saturated rings. The number of phenols is 1. The first kappa shape index (κ1) is 9.04. The quantitative estimate of drug-likeness (QED) is 0.700. The van der Waals surface area contributed by atoms with Gasteiger partial charge in [-0.1, -0.05) is 12.1 Å². The normalized spacial score (nSPS) is 29.4. The van der Waals surface area contributed by atoms with Crippen LogP contribution in [0, 0.1) is 5.92 Å². The highest BCUT2D eigenvalue weighted by atomic mass is 16.5. The van der Waals surface area contributed by atoms with Gasteiger partial charge in [-0.15, -0.1) is 0 Å². The summed E-state index contributed by atoms with van der Waals surface area (Å²) >= 11 is 0. The molecule has 2 aliphatic rings. The Morgan fingerprint density at radius 3 is 3.20 bits per heavy atom. The number of ether oxygens (including phenoxy) is 1. The van der Waals surface area contributed by atoms with Crippen LogP contribution >= 0.6 is 0 Å². The minimum Gasteiger partial charge on any atom is -0.504 e. The van der Waals surface area contributed by atoms with Crippen molar-refractivity contribution in [3.63, 3.8) is 0 Å². The van der Waals surface area contributed by atoms with Crippen molar-refractivity contribution in [1.82, 2.24) is 4.90 Å². The second-order valence-electron chi connectivity index (χ2n) is 4.48. The lowest BCUT2D eigenvalue weighted by molar-refractivity contribution is 0.159. The van der Waals surface area contributed by atoms with Gasteiger partial charge in [0, 0.05) is 17.5 Å². The Hall–Kier alpha value is -1.22. The van der Waals surface area contributed by atoms with E-state index in [0.29, 0.717) is 17.7 Å². The fourth-order valence-electron chi connectivity index (χ4n) is 2.81. The summed E-state index contributed by atoms with van der Waals surface area (Å²) in [6.45, 7) is 1.85. The number of phenolic OH excluding ortho intramolecular Hbond substituents is 1. The first-order valence-corrected chi connectivity index (χ1v) is 5.42. The molecule has 2 heterocycles. The third-order valence-corrected chi connectivity index (χ3v) is 3.56. The van der Waals surface area contributed by atoms with Crippen molar-refractivity contribution in [3.8, 4) is 11.5 Å². The Morgan fingerprint density at radius 1 is 1.47 bits per heavy atom. The summed E-state index contributed by atoms with van der Waals surface area (Å²) in [5.74, 6) is 1.54. The lowest BCUT2D eigenvalue weighted by Gasteiger charge is -2.32. The monoisotopic (exact) mass is 205 g/mol. The highest BCUT2D eigenvalue weighted by molar-refractivity contribution is 5.48. The van der Waals surface area contributed by atoms with Crippen LogP contribution in [0.3, 0.4) is 0 Å². The zero-order valence-corrected chi connectivity index (χ0v) is 8.81. The molecule has 1 N–H and O–H groups in total. The van der Waals surface area contributed by atoms with E-state index in [2.05, 4.69) is 18.0 Å². The van der Waals surface area contributed by atoms with Gasteiger partial charge in [0.2, 0.25) is 0 Å². The van der Waals surface area contributed by atoms with E-state index in [1.807, 2.05) is 6.07 Å². The Balaban J connectivity index is 2.10. The van der Waals surface area contributed by atoms with Crippen LogP contribution in [0.4, 0.5) is 0 Å². The van der Waals surface area contributed by atoms with Gasteiger partial charge in [0.1, 0.15) is 0 Å². The number of rotatable bonds is 0. The molecule has 3 rings (SSSR count). The third kappa shape index (κ3) is 1.23. The van der Waals surface area contributed by atoms with Gasteiger partial charge in [-0.3, -0.25) is 4.90 Å². The largest absolute Gasteiger partial charge is 0.504 e. The van der Waals surface area contributed by atoms with Crippen molar-refractivity contribution < 1.29 is 9.84 Å². The molecule has 0 aromatic heterocycles. The molecule has 15 heavy (non-hydrogen) atoms. The molecule has 1 aromatic carbocycles. The topological polar surface area (TPSA) is 32.7 Å². The van der Waals surface area contributed by atoms with Crippen LogP contribution in [0.1, 0.15) is 18.0 Å². The Kier molecular flexibility index (Phi) is 1.89. The number of hydrogen-bond acceptors (Lipinski definition) is 3. The van der Waals surface area contributed by atoms with E-state index in [1.54, 1.807) is 6.07 Å². The Bertz CT molecular complexity index is 391. The predicted octanol–water partition coefficient (Wildman–Crippen LogP) is 1.78. The van der Waals surface area contributed by atoms with E-state index in [9.17, 15) is 5.11 Å². The molecule has 2 atom stereocenters. The number of para-hydroxylation sites is 1. The molecule has 0 bridgehead atoms. The molecule has 2 aliphatic heterocycles. The molecule has 1 aromatic rings. The van der Waals surface area contributed by atoms with Gasteiger partial charge in [-0.05, 0) is 26.1 Å². The summed E-state index contributed by atoms with van der Waals surface area (Å²) in [6, 6.07) is 6.08. The predicted molar refractivity (Wildman–Crippen MR) is 57.1 cm³/mol. The maximum atomic E-state index is 9.72. The van der Waals surface area contributed by atoms with E-state index in [0.717, 1.165) is 18.7 Å². The van der Waals surface area contributed by atoms with Gasteiger partial charge in [-0.25, -0.2) is 0 Å². The molecule has 3 nitrogen and oxygen atoms in total. The van der Waals surface area contributed by atoms with Crippen LogP contribution in [-0.4, -0.2) is 30.2 Å². The van der Waals surface area contributed by atoms with Crippen molar-refractivity contribution in [2.24, 2.45) is 5.92 Å². The molecule has 0 aliphatic carbocycles. The summed E-state index contributed by atoms with van der Waals surface area (Å²) in [5, 5.41) is 9.72. The Morgan fingerprint density at radius 2 is 2.33 bits per heavy atom. The van der Waals surface area contributed by atoms with Gasteiger partial charge in [0.15, 0.2) is 11.5 Å². The maximum absolute atomic E-state index is 9.72. The van der Waals surface area contributed by atoms with Crippen molar-refractivity contribution in [1.29, 1.82) is 0 Å². The molecular formula is C12H15NO2. The van der Waals surface area contributed by atoms with Crippen LogP contribution in [0.5, 0.6) is 11.5 Å². The van der Waals surface area contributed by atoms with E-state index in [1.165, 1.54) is 6.42 Å². The SMILES string of the molecule is CN1CC[C@H]2COc3c(O)cccc3[C@H]21. The number of fused-ring (bicyclic) bond motifs is 3. The number of aromatic hydroxyl groups is 1. The lowest BCUT2D eigenvalue weighted by Crippen LogP contribution is -2.28. The lowest BCUT2D eigenvalue weighted by atomic mass is 9.91. The molecule has 0 radical (unpaired) electrons. The second kappa shape index (κ2) is 3.14. The molecule has 0 amide bonds. The summed E-state index contributed by atoms with van der Waals surface area (Å²) in [7, 11) is 2.14. The first-order valence-electron chi connectivity index (χ1n) is 5.42. The minimum absolute atomic E-state index is 0.270. The molecule has 0 unspecified atom stereocenters. The van der Waals surface area contributed by atoms with Crippen LogP contribution < -0.4 is 4.74 Å². The molecule has 1 saturated heterocycles. The van der Waals surface area contributed by atoms with E-state index in [-0.39, 0.29) is 5.75 Å². The van der Waals surface area contributed by atoms with Gasteiger partial charge in [0.05, 0.1) is 6.61 Å². The van der Waals surface area contributed by atoms with E-state index < -0.39 is 0 Å². The van der Waals surface area contributed by atoms with E-state index in [4.69, 9.17) is 4.74 Å². The summed E-state index contributed by atoms with van der Waals surface area (Å²) in [6.07, 6.45) is 1.19. The van der Waals surface area contributed by atoms with Crippen LogP contribution in [-0.2, 0) is 0 Å². The number of nitrogens with zero attached hydrogens (tertiary/aromatic N) is 1. The minimum atomic E-state index is 0.270. The van der Waals surface area contributed by atoms with Gasteiger partial charge in [-0.2, -0.15) is 0 Å². The molecule has 80 valence electrons. The average molecular weight is 205 g/mol. The first-order chi connectivity index (χ1) is 7.27. The molecular weight excluding hydrogens is 190 g/mol. The maximum Gasteiger partial charge on any atom is 0.165 e. The van der Waals surface area contributed by atoms with E-state index >= 15 is 0 Å².